The van der Waals surface area contributed by atoms with Gasteiger partial charge >= 0.3 is 0 Å². The molecule has 0 atom stereocenters. The molecule has 28 heavy (non-hydrogen) atoms. The van der Waals surface area contributed by atoms with Crippen molar-refractivity contribution in [3.05, 3.63) is 52.9 Å². The predicted octanol–water partition coefficient (Wildman–Crippen LogP) is 3.55. The number of piperidine rings is 1. The molecular formula is C21H28N2O3S2. The Labute approximate surface area is 172 Å². The van der Waals surface area contributed by atoms with Crippen LogP contribution in [0.15, 0.2) is 46.0 Å². The smallest absolute Gasteiger partial charge is 0.252 e. The lowest BCUT2D eigenvalue weighted by Crippen LogP contribution is -2.44. The van der Waals surface area contributed by atoms with Crippen LogP contribution in [-0.2, 0) is 21.2 Å². The van der Waals surface area contributed by atoms with Gasteiger partial charge in [-0.3, -0.25) is 4.79 Å². The van der Waals surface area contributed by atoms with Gasteiger partial charge in [-0.1, -0.05) is 35.9 Å². The summed E-state index contributed by atoms with van der Waals surface area (Å²) in [5.41, 5.74) is 2.64. The predicted molar refractivity (Wildman–Crippen MR) is 113 cm³/mol. The Bertz CT molecular complexity index is 869. The second kappa shape index (κ2) is 9.20. The van der Waals surface area contributed by atoms with Crippen molar-refractivity contribution in [3.63, 3.8) is 0 Å². The summed E-state index contributed by atoms with van der Waals surface area (Å²) >= 11 is 1.17. The quantitative estimate of drug-likeness (QED) is 0.688. The van der Waals surface area contributed by atoms with Gasteiger partial charge in [-0.05, 0) is 55.5 Å². The number of amides is 1. The summed E-state index contributed by atoms with van der Waals surface area (Å²) in [6.07, 6.45) is 4.18. The van der Waals surface area contributed by atoms with Crippen LogP contribution in [0.2, 0.25) is 0 Å². The molecule has 152 valence electrons. The number of thiophene rings is 1. The highest BCUT2D eigenvalue weighted by atomic mass is 32.2. The van der Waals surface area contributed by atoms with Crippen LogP contribution in [0.25, 0.3) is 0 Å². The summed E-state index contributed by atoms with van der Waals surface area (Å²) < 4.78 is 26.4. The molecule has 0 N–H and O–H groups in total. The highest BCUT2D eigenvalue weighted by Crippen LogP contribution is 2.24. The lowest BCUT2D eigenvalue weighted by Gasteiger charge is -2.33. The molecule has 0 unspecified atom stereocenters. The number of rotatable bonds is 7. The van der Waals surface area contributed by atoms with E-state index in [0.29, 0.717) is 19.0 Å². The summed E-state index contributed by atoms with van der Waals surface area (Å²) in [6, 6.07) is 12.0. The van der Waals surface area contributed by atoms with Gasteiger partial charge < -0.3 is 4.90 Å². The lowest BCUT2D eigenvalue weighted by atomic mass is 9.90. The second-order valence-corrected chi connectivity index (χ2v) is 10.8. The van der Waals surface area contributed by atoms with E-state index in [2.05, 4.69) is 31.2 Å². The molecule has 1 amide bonds. The summed E-state index contributed by atoms with van der Waals surface area (Å²) in [5, 5.41) is 1.73. The Morgan fingerprint density at radius 1 is 1.18 bits per heavy atom. The van der Waals surface area contributed by atoms with Crippen LogP contribution in [0.4, 0.5) is 0 Å². The van der Waals surface area contributed by atoms with E-state index < -0.39 is 10.0 Å². The molecule has 1 fully saturated rings. The van der Waals surface area contributed by atoms with Crippen molar-refractivity contribution in [1.29, 1.82) is 0 Å². The van der Waals surface area contributed by atoms with Gasteiger partial charge in [-0.25, -0.2) is 8.42 Å². The van der Waals surface area contributed by atoms with Crippen LogP contribution >= 0.6 is 11.3 Å². The first-order valence-electron chi connectivity index (χ1n) is 9.69. The number of sulfonamides is 1. The van der Waals surface area contributed by atoms with Gasteiger partial charge in [0.2, 0.25) is 5.91 Å². The molecule has 0 saturated carbocycles. The summed E-state index contributed by atoms with van der Waals surface area (Å²) in [6.45, 7) is 3.42. The molecular weight excluding hydrogens is 392 g/mol. The molecule has 1 aliphatic rings. The molecule has 1 aliphatic heterocycles. The van der Waals surface area contributed by atoms with Crippen LogP contribution in [0, 0.1) is 12.8 Å². The first-order valence-corrected chi connectivity index (χ1v) is 12.0. The first-order chi connectivity index (χ1) is 13.4. The molecule has 1 saturated heterocycles. The number of carbonyl (C=O) groups excluding carboxylic acids is 1. The summed E-state index contributed by atoms with van der Waals surface area (Å²) in [5.74, 6) is 0.512. The maximum Gasteiger partial charge on any atom is 0.252 e. The third-order valence-electron chi connectivity index (χ3n) is 5.45. The van der Waals surface area contributed by atoms with Gasteiger partial charge in [-0.2, -0.15) is 4.31 Å². The monoisotopic (exact) mass is 420 g/mol. The van der Waals surface area contributed by atoms with Gasteiger partial charge in [0.05, 0.1) is 6.54 Å². The SMILES string of the molecule is Cc1ccc(CCC2CCN(C(=O)CN(C)S(=O)(=O)c3cccs3)CC2)cc1. The van der Waals surface area contributed by atoms with E-state index in [1.807, 2.05) is 4.90 Å². The van der Waals surface area contributed by atoms with Gasteiger partial charge in [0.1, 0.15) is 4.21 Å². The molecule has 2 aromatic rings. The highest BCUT2D eigenvalue weighted by Gasteiger charge is 2.28. The molecule has 2 heterocycles. The van der Waals surface area contributed by atoms with Gasteiger partial charge in [-0.15, -0.1) is 11.3 Å². The molecule has 1 aromatic carbocycles. The number of hydrogen-bond acceptors (Lipinski definition) is 4. The third kappa shape index (κ3) is 5.21. The Balaban J connectivity index is 1.45. The van der Waals surface area contributed by atoms with Crippen molar-refractivity contribution in [1.82, 2.24) is 9.21 Å². The van der Waals surface area contributed by atoms with Crippen LogP contribution in [0.5, 0.6) is 0 Å². The Morgan fingerprint density at radius 3 is 2.46 bits per heavy atom. The van der Waals surface area contributed by atoms with Crippen molar-refractivity contribution in [2.45, 2.75) is 36.8 Å². The number of likely N-dealkylation sites (tertiary alicyclic amines) is 1. The molecule has 0 bridgehead atoms. The molecule has 0 aliphatic carbocycles. The van der Waals surface area contributed by atoms with E-state index in [0.717, 1.165) is 30.0 Å². The van der Waals surface area contributed by atoms with Crippen LogP contribution in [0.1, 0.15) is 30.4 Å². The summed E-state index contributed by atoms with van der Waals surface area (Å²) in [4.78, 5) is 14.4. The molecule has 5 nitrogen and oxygen atoms in total. The van der Waals surface area contributed by atoms with E-state index in [-0.39, 0.29) is 16.7 Å². The highest BCUT2D eigenvalue weighted by molar-refractivity contribution is 7.91. The van der Waals surface area contributed by atoms with E-state index in [4.69, 9.17) is 0 Å². The average Bonchev–Trinajstić information content (AvgIpc) is 3.23. The molecule has 0 radical (unpaired) electrons. The van der Waals surface area contributed by atoms with Crippen molar-refractivity contribution < 1.29 is 13.2 Å². The zero-order valence-electron chi connectivity index (χ0n) is 16.5. The fourth-order valence-electron chi connectivity index (χ4n) is 3.54. The number of carbonyl (C=O) groups is 1. The largest absolute Gasteiger partial charge is 0.342 e. The number of aryl methyl sites for hydroxylation is 2. The zero-order chi connectivity index (χ0) is 20.1. The first kappa shape index (κ1) is 21.0. The topological polar surface area (TPSA) is 57.7 Å². The fourth-order valence-corrected chi connectivity index (χ4v) is 5.86. The Morgan fingerprint density at radius 2 is 1.86 bits per heavy atom. The van der Waals surface area contributed by atoms with Crippen LogP contribution in [0.3, 0.4) is 0 Å². The van der Waals surface area contributed by atoms with Gasteiger partial charge in [0, 0.05) is 20.1 Å². The minimum Gasteiger partial charge on any atom is -0.342 e. The van der Waals surface area contributed by atoms with Crippen LogP contribution in [-0.4, -0.2) is 50.2 Å². The number of benzene rings is 1. The van der Waals surface area contributed by atoms with Gasteiger partial charge in [0.25, 0.3) is 10.0 Å². The average molecular weight is 421 g/mol. The molecule has 0 spiro atoms. The maximum atomic E-state index is 12.6. The van der Waals surface area contributed by atoms with Gasteiger partial charge in [0.15, 0.2) is 0 Å². The normalized spacial score (nSPS) is 15.9. The van der Waals surface area contributed by atoms with Crippen molar-refractivity contribution in [3.8, 4) is 0 Å². The fraction of sp³-hybridized carbons (Fsp3) is 0.476. The number of likely N-dealkylation sites (N-methyl/N-ethyl adjacent to an activating group) is 1. The van der Waals surface area contributed by atoms with E-state index in [1.54, 1.807) is 17.5 Å². The molecule has 1 aromatic heterocycles. The van der Waals surface area contributed by atoms with E-state index >= 15 is 0 Å². The van der Waals surface area contributed by atoms with Crippen LogP contribution < -0.4 is 0 Å². The third-order valence-corrected chi connectivity index (χ3v) is 8.62. The second-order valence-electron chi connectivity index (χ2n) is 7.54. The number of hydrogen-bond donors (Lipinski definition) is 0. The van der Waals surface area contributed by atoms with Crippen molar-refractivity contribution in [2.24, 2.45) is 5.92 Å². The standard InChI is InChI=1S/C21H28N2O3S2/c1-17-5-7-18(8-6-17)9-10-19-11-13-23(14-12-19)20(24)16-22(2)28(25,26)21-4-3-15-27-21/h3-8,15,19H,9-14,16H2,1-2H3. The van der Waals surface area contributed by atoms with Crippen molar-refractivity contribution in [2.75, 3.05) is 26.7 Å². The molecule has 3 rings (SSSR count). The zero-order valence-corrected chi connectivity index (χ0v) is 18.1. The number of nitrogens with zero attached hydrogens (tertiary/aromatic N) is 2. The van der Waals surface area contributed by atoms with Crippen molar-refractivity contribution >= 4 is 27.3 Å². The molecule has 7 heteroatoms. The van der Waals surface area contributed by atoms with E-state index in [1.165, 1.54) is 29.5 Å². The maximum absolute atomic E-state index is 12.6. The Hall–Kier alpha value is -1.70. The minimum atomic E-state index is -3.58. The minimum absolute atomic E-state index is 0.103. The Kier molecular flexibility index (Phi) is 6.91. The summed E-state index contributed by atoms with van der Waals surface area (Å²) in [7, 11) is -2.10. The van der Waals surface area contributed by atoms with E-state index in [9.17, 15) is 13.2 Å². The lowest BCUT2D eigenvalue weighted by molar-refractivity contribution is -0.132.